The zero-order valence-electron chi connectivity index (χ0n) is 15.3. The van der Waals surface area contributed by atoms with Crippen LogP contribution in [0.1, 0.15) is 27.7 Å². The van der Waals surface area contributed by atoms with Crippen LogP contribution in [-0.4, -0.2) is 65.8 Å². The molecule has 10 heteroatoms. The third-order valence-corrected chi connectivity index (χ3v) is 5.77. The largest absolute Gasteiger partial charge is 0.465 e. The zero-order chi connectivity index (χ0) is 19.7. The number of nitrogens with zero attached hydrogens (tertiary/aromatic N) is 1. The van der Waals surface area contributed by atoms with Crippen LogP contribution in [0.2, 0.25) is 0 Å². The van der Waals surface area contributed by atoms with Crippen molar-refractivity contribution < 1.29 is 33.4 Å². The normalized spacial score (nSPS) is 27.9. The molecule has 2 saturated heterocycles. The van der Waals surface area contributed by atoms with Crippen LogP contribution in [0, 0.1) is 10.8 Å². The van der Waals surface area contributed by atoms with E-state index >= 15 is 0 Å². The number of β-lactam (4-membered cyclic amide) rings is 1. The minimum absolute atomic E-state index is 0.0382. The van der Waals surface area contributed by atoms with Gasteiger partial charge >= 0.3 is 17.9 Å². The van der Waals surface area contributed by atoms with E-state index in [1.165, 1.54) is 23.6 Å². The van der Waals surface area contributed by atoms with Crippen LogP contribution < -0.4 is 5.73 Å². The summed E-state index contributed by atoms with van der Waals surface area (Å²) in [6.45, 7) is 5.53. The molecule has 0 aromatic carbocycles. The average molecular weight is 388 g/mol. The number of ether oxygens (including phenoxy) is 3. The van der Waals surface area contributed by atoms with E-state index in [1.807, 2.05) is 0 Å². The highest BCUT2D eigenvalue weighted by atomic mass is 32.2. The van der Waals surface area contributed by atoms with E-state index in [1.54, 1.807) is 20.8 Å². The summed E-state index contributed by atoms with van der Waals surface area (Å²) in [6.07, 6.45) is 0. The van der Waals surface area contributed by atoms with Crippen LogP contribution in [0.15, 0.2) is 0 Å². The van der Waals surface area contributed by atoms with Crippen molar-refractivity contribution in [3.05, 3.63) is 0 Å². The Bertz CT molecular complexity index is 618. The molecule has 2 unspecified atom stereocenters. The predicted molar refractivity (Wildman–Crippen MR) is 91.5 cm³/mol. The van der Waals surface area contributed by atoms with Gasteiger partial charge in [-0.25, -0.2) is 0 Å². The van der Waals surface area contributed by atoms with Crippen LogP contribution in [-0.2, 0) is 33.4 Å². The maximum absolute atomic E-state index is 12.6. The number of nitrogens with two attached hydrogens (primary N) is 1. The number of thioether (sulfide) groups is 1. The van der Waals surface area contributed by atoms with Crippen molar-refractivity contribution in [1.82, 2.24) is 4.90 Å². The van der Waals surface area contributed by atoms with Crippen molar-refractivity contribution in [2.75, 3.05) is 25.7 Å². The molecule has 0 radical (unpaired) electrons. The highest BCUT2D eigenvalue weighted by molar-refractivity contribution is 8.00. The molecule has 0 aromatic rings. The Balaban J connectivity index is 2.02. The third-order valence-electron chi connectivity index (χ3n) is 4.16. The number of esters is 3. The summed E-state index contributed by atoms with van der Waals surface area (Å²) in [4.78, 5) is 49.0. The molecule has 0 aromatic heterocycles. The topological polar surface area (TPSA) is 125 Å². The predicted octanol–water partition coefficient (Wildman–Crippen LogP) is -0.132. The van der Waals surface area contributed by atoms with Gasteiger partial charge in [-0.1, -0.05) is 0 Å². The number of fused-ring (bicyclic) bond motifs is 1. The van der Waals surface area contributed by atoms with Crippen molar-refractivity contribution in [2.24, 2.45) is 16.6 Å². The molecule has 0 saturated carbocycles. The molecule has 2 aliphatic rings. The fourth-order valence-electron chi connectivity index (χ4n) is 2.54. The van der Waals surface area contributed by atoms with E-state index in [2.05, 4.69) is 0 Å². The second kappa shape index (κ2) is 7.43. The molecule has 2 aliphatic heterocycles. The lowest BCUT2D eigenvalue weighted by Gasteiger charge is -2.52. The van der Waals surface area contributed by atoms with E-state index in [9.17, 15) is 19.2 Å². The standard InChI is InChI=1S/C16H24N2O7S/c1-9(19)23-6-16(5-18-11(20)10(17)12(18)26-7-16)14(22)25-8-24-13(21)15(2,3)4/h10,12H,5-8,17H2,1-4H3/t10?,12-,16?/m1/s1. The molecule has 146 valence electrons. The smallest absolute Gasteiger partial charge is 0.321 e. The first-order chi connectivity index (χ1) is 12.0. The summed E-state index contributed by atoms with van der Waals surface area (Å²) < 4.78 is 15.1. The molecule has 0 bridgehead atoms. The molecule has 2 fully saturated rings. The van der Waals surface area contributed by atoms with Gasteiger partial charge in [0, 0.05) is 19.2 Å². The summed E-state index contributed by atoms with van der Waals surface area (Å²) in [5.74, 6) is -1.74. The number of carbonyl (C=O) groups is 4. The van der Waals surface area contributed by atoms with Crippen molar-refractivity contribution in [3.8, 4) is 0 Å². The van der Waals surface area contributed by atoms with Crippen LogP contribution in [0.3, 0.4) is 0 Å². The fourth-order valence-corrected chi connectivity index (χ4v) is 4.01. The lowest BCUT2D eigenvalue weighted by Crippen LogP contribution is -2.72. The molecule has 2 rings (SSSR count). The van der Waals surface area contributed by atoms with Crippen molar-refractivity contribution in [1.29, 1.82) is 0 Å². The Morgan fingerprint density at radius 3 is 2.50 bits per heavy atom. The fraction of sp³-hybridized carbons (Fsp3) is 0.750. The van der Waals surface area contributed by atoms with Gasteiger partial charge in [0.15, 0.2) is 0 Å². The van der Waals surface area contributed by atoms with Gasteiger partial charge in [0.1, 0.15) is 23.4 Å². The summed E-state index contributed by atoms with van der Waals surface area (Å²) in [6, 6.07) is -0.588. The summed E-state index contributed by atoms with van der Waals surface area (Å²) in [5, 5.41) is -0.195. The Morgan fingerprint density at radius 2 is 1.92 bits per heavy atom. The highest BCUT2D eigenvalue weighted by Gasteiger charge is 2.56. The molecule has 2 N–H and O–H groups in total. The lowest BCUT2D eigenvalue weighted by atomic mass is 9.88. The molecule has 9 nitrogen and oxygen atoms in total. The maximum atomic E-state index is 12.6. The molecule has 1 amide bonds. The number of hydrogen-bond acceptors (Lipinski definition) is 9. The zero-order valence-corrected chi connectivity index (χ0v) is 16.1. The van der Waals surface area contributed by atoms with Gasteiger partial charge in [0.25, 0.3) is 0 Å². The SMILES string of the molecule is CC(=O)OCC1(C(=O)OCOC(=O)C(C)(C)C)CS[C@@H]2C(N)C(=O)N2C1. The molecule has 0 aliphatic carbocycles. The molecule has 26 heavy (non-hydrogen) atoms. The minimum Gasteiger partial charge on any atom is -0.465 e. The Labute approximate surface area is 155 Å². The van der Waals surface area contributed by atoms with Gasteiger partial charge in [-0.3, -0.25) is 19.2 Å². The van der Waals surface area contributed by atoms with Crippen LogP contribution >= 0.6 is 11.8 Å². The molecule has 3 atom stereocenters. The average Bonchev–Trinajstić information content (AvgIpc) is 2.57. The first kappa shape index (κ1) is 20.5. The van der Waals surface area contributed by atoms with Crippen LogP contribution in [0.5, 0.6) is 0 Å². The summed E-state index contributed by atoms with van der Waals surface area (Å²) >= 11 is 1.34. The molecule has 2 heterocycles. The van der Waals surface area contributed by atoms with Gasteiger partial charge in [0.05, 0.1) is 5.41 Å². The summed E-state index contributed by atoms with van der Waals surface area (Å²) in [7, 11) is 0. The number of rotatable bonds is 5. The second-order valence-corrected chi connectivity index (χ2v) is 8.59. The number of carbonyl (C=O) groups excluding carboxylic acids is 4. The van der Waals surface area contributed by atoms with E-state index in [0.717, 1.165) is 0 Å². The number of hydrogen-bond donors (Lipinski definition) is 1. The van der Waals surface area contributed by atoms with Gasteiger partial charge in [0.2, 0.25) is 12.7 Å². The Kier molecular flexibility index (Phi) is 5.86. The Morgan fingerprint density at radius 1 is 1.27 bits per heavy atom. The maximum Gasteiger partial charge on any atom is 0.321 e. The van der Waals surface area contributed by atoms with Crippen molar-refractivity contribution >= 4 is 35.6 Å². The van der Waals surface area contributed by atoms with Crippen LogP contribution in [0.25, 0.3) is 0 Å². The quantitative estimate of drug-likeness (QED) is 0.389. The van der Waals surface area contributed by atoms with Gasteiger partial charge in [-0.05, 0) is 20.8 Å². The third kappa shape index (κ3) is 4.12. The van der Waals surface area contributed by atoms with E-state index in [0.29, 0.717) is 0 Å². The molecule has 0 spiro atoms. The monoisotopic (exact) mass is 388 g/mol. The van der Waals surface area contributed by atoms with Gasteiger partial charge < -0.3 is 24.8 Å². The highest BCUT2D eigenvalue weighted by Crippen LogP contribution is 2.42. The first-order valence-corrected chi connectivity index (χ1v) is 9.18. The number of amides is 1. The van der Waals surface area contributed by atoms with Crippen molar-refractivity contribution in [3.63, 3.8) is 0 Å². The van der Waals surface area contributed by atoms with Gasteiger partial charge in [-0.15, -0.1) is 11.8 Å². The first-order valence-electron chi connectivity index (χ1n) is 8.13. The molecular weight excluding hydrogens is 364 g/mol. The van der Waals surface area contributed by atoms with Gasteiger partial charge in [-0.2, -0.15) is 0 Å². The van der Waals surface area contributed by atoms with Crippen molar-refractivity contribution in [2.45, 2.75) is 39.1 Å². The van der Waals surface area contributed by atoms with E-state index < -0.39 is 41.6 Å². The van der Waals surface area contributed by atoms with Crippen LogP contribution in [0.4, 0.5) is 0 Å². The van der Waals surface area contributed by atoms with E-state index in [-0.39, 0.29) is 30.2 Å². The minimum atomic E-state index is -1.23. The molecular formula is C16H24N2O7S. The second-order valence-electron chi connectivity index (χ2n) is 7.49. The summed E-state index contributed by atoms with van der Waals surface area (Å²) in [5.41, 5.74) is 3.79. The lowest BCUT2D eigenvalue weighted by molar-refractivity contribution is -0.183. The van der Waals surface area contributed by atoms with E-state index in [4.69, 9.17) is 19.9 Å². The Hall–Kier alpha value is -1.81.